The molecular formula is C21H25ClN2O3S. The van der Waals surface area contributed by atoms with E-state index in [1.165, 1.54) is 4.31 Å². The number of nitrogens with zero attached hydrogens (tertiary/aromatic N) is 1. The van der Waals surface area contributed by atoms with Crippen molar-refractivity contribution >= 4 is 27.5 Å². The second kappa shape index (κ2) is 9.54. The van der Waals surface area contributed by atoms with Crippen LogP contribution in [0.25, 0.3) is 0 Å². The zero-order chi connectivity index (χ0) is 20.0. The van der Waals surface area contributed by atoms with Crippen LogP contribution in [0.2, 0.25) is 5.02 Å². The Hall–Kier alpha value is -1.89. The Morgan fingerprint density at radius 2 is 1.82 bits per heavy atom. The summed E-state index contributed by atoms with van der Waals surface area (Å²) in [6.45, 7) is 1.22. The number of carbonyl (C=O) groups is 1. The molecule has 5 nitrogen and oxygen atoms in total. The van der Waals surface area contributed by atoms with Crippen LogP contribution in [0.1, 0.15) is 24.0 Å². The number of benzene rings is 2. The van der Waals surface area contributed by atoms with E-state index in [9.17, 15) is 13.2 Å². The quantitative estimate of drug-likeness (QED) is 0.747. The van der Waals surface area contributed by atoms with Gasteiger partial charge in [0.1, 0.15) is 0 Å². The first-order valence-corrected chi connectivity index (χ1v) is 11.5. The number of hydrogen-bond acceptors (Lipinski definition) is 3. The maximum Gasteiger partial charge on any atom is 0.224 e. The molecule has 1 amide bonds. The number of amides is 1. The Labute approximate surface area is 171 Å². The fourth-order valence-corrected chi connectivity index (χ4v) is 5.35. The van der Waals surface area contributed by atoms with Crippen molar-refractivity contribution in [2.24, 2.45) is 5.92 Å². The second-order valence-corrected chi connectivity index (χ2v) is 9.45. The van der Waals surface area contributed by atoms with Crippen LogP contribution in [0.15, 0.2) is 54.6 Å². The smallest absolute Gasteiger partial charge is 0.224 e. The highest BCUT2D eigenvalue weighted by atomic mass is 35.5. The highest BCUT2D eigenvalue weighted by Crippen LogP contribution is 2.24. The van der Waals surface area contributed by atoms with E-state index < -0.39 is 10.0 Å². The molecule has 0 aliphatic carbocycles. The first-order valence-electron chi connectivity index (χ1n) is 9.48. The normalized spacial score (nSPS) is 18.0. The third kappa shape index (κ3) is 5.56. The topological polar surface area (TPSA) is 66.5 Å². The molecule has 1 atom stereocenters. The van der Waals surface area contributed by atoms with Crippen LogP contribution in [-0.2, 0) is 27.0 Å². The number of rotatable bonds is 7. The summed E-state index contributed by atoms with van der Waals surface area (Å²) in [5, 5.41) is 3.39. The molecule has 2 aromatic carbocycles. The second-order valence-electron chi connectivity index (χ2n) is 7.07. The van der Waals surface area contributed by atoms with Crippen molar-refractivity contribution < 1.29 is 13.2 Å². The molecule has 28 heavy (non-hydrogen) atoms. The summed E-state index contributed by atoms with van der Waals surface area (Å²) in [5.41, 5.74) is 1.74. The molecule has 2 aromatic rings. The zero-order valence-corrected chi connectivity index (χ0v) is 17.3. The number of carbonyl (C=O) groups excluding carboxylic acids is 1. The third-order valence-corrected chi connectivity index (χ3v) is 7.16. The Bertz CT molecular complexity index is 903. The van der Waals surface area contributed by atoms with Gasteiger partial charge in [-0.15, -0.1) is 0 Å². The van der Waals surface area contributed by atoms with Crippen LogP contribution in [-0.4, -0.2) is 38.3 Å². The van der Waals surface area contributed by atoms with Gasteiger partial charge in [-0.3, -0.25) is 4.79 Å². The molecule has 0 bridgehead atoms. The summed E-state index contributed by atoms with van der Waals surface area (Å²) in [7, 11) is -3.52. The summed E-state index contributed by atoms with van der Waals surface area (Å²) in [6.07, 6.45) is 2.14. The fraction of sp³-hybridized carbons (Fsp3) is 0.381. The van der Waals surface area contributed by atoms with Gasteiger partial charge in [0.25, 0.3) is 0 Å². The van der Waals surface area contributed by atoms with E-state index in [4.69, 9.17) is 11.6 Å². The van der Waals surface area contributed by atoms with E-state index in [1.807, 2.05) is 30.3 Å². The summed E-state index contributed by atoms with van der Waals surface area (Å²) >= 11 is 6.11. The number of hydrogen-bond donors (Lipinski definition) is 1. The summed E-state index contributed by atoms with van der Waals surface area (Å²) in [6, 6.07) is 16.9. The molecule has 1 fully saturated rings. The molecule has 1 N–H and O–H groups in total. The molecule has 150 valence electrons. The van der Waals surface area contributed by atoms with Gasteiger partial charge in [0.05, 0.1) is 11.7 Å². The first-order chi connectivity index (χ1) is 13.5. The first kappa shape index (κ1) is 20.8. The van der Waals surface area contributed by atoms with E-state index in [2.05, 4.69) is 5.32 Å². The van der Waals surface area contributed by atoms with Crippen LogP contribution in [0.5, 0.6) is 0 Å². The van der Waals surface area contributed by atoms with Gasteiger partial charge >= 0.3 is 0 Å². The van der Waals surface area contributed by atoms with E-state index in [0.717, 1.165) is 12.0 Å². The van der Waals surface area contributed by atoms with Gasteiger partial charge in [-0.05, 0) is 36.5 Å². The highest BCUT2D eigenvalue weighted by Gasteiger charge is 2.32. The van der Waals surface area contributed by atoms with Crippen molar-refractivity contribution in [3.8, 4) is 0 Å². The highest BCUT2D eigenvalue weighted by molar-refractivity contribution is 7.88. The molecule has 1 heterocycles. The van der Waals surface area contributed by atoms with Gasteiger partial charge in [-0.1, -0.05) is 60.1 Å². The Balaban J connectivity index is 1.55. The summed E-state index contributed by atoms with van der Waals surface area (Å²) in [5.74, 6) is -0.534. The Kier molecular flexibility index (Phi) is 7.10. The van der Waals surface area contributed by atoms with Crippen LogP contribution in [0.4, 0.5) is 0 Å². The minimum absolute atomic E-state index is 0.0754. The van der Waals surface area contributed by atoms with Crippen LogP contribution >= 0.6 is 11.6 Å². The SMILES string of the molecule is O=C(NCCc1ccccc1)[C@H]1CCCN(S(=O)(=O)Cc2ccccc2Cl)C1. The molecule has 0 unspecified atom stereocenters. The number of sulfonamides is 1. The van der Waals surface area contributed by atoms with Crippen molar-refractivity contribution in [1.29, 1.82) is 0 Å². The van der Waals surface area contributed by atoms with Crippen LogP contribution < -0.4 is 5.32 Å². The zero-order valence-electron chi connectivity index (χ0n) is 15.7. The van der Waals surface area contributed by atoms with Crippen molar-refractivity contribution in [3.05, 3.63) is 70.7 Å². The molecule has 7 heteroatoms. The lowest BCUT2D eigenvalue weighted by Gasteiger charge is -2.31. The molecule has 1 aliphatic heterocycles. The van der Waals surface area contributed by atoms with Crippen LogP contribution in [0.3, 0.4) is 0 Å². The van der Waals surface area contributed by atoms with E-state index >= 15 is 0 Å². The molecule has 0 aromatic heterocycles. The van der Waals surface area contributed by atoms with Gasteiger partial charge in [0.15, 0.2) is 0 Å². The average molecular weight is 421 g/mol. The molecular weight excluding hydrogens is 396 g/mol. The van der Waals surface area contributed by atoms with Crippen molar-refractivity contribution in [1.82, 2.24) is 9.62 Å². The minimum Gasteiger partial charge on any atom is -0.355 e. The van der Waals surface area contributed by atoms with E-state index in [1.54, 1.807) is 24.3 Å². The standard InChI is InChI=1S/C21H25ClN2O3S/c22-20-11-5-4-9-19(20)16-28(26,27)24-14-6-10-18(15-24)21(25)23-13-12-17-7-2-1-3-8-17/h1-5,7-9,11,18H,6,10,12-16H2,(H,23,25)/t18-/m0/s1. The summed E-state index contributed by atoms with van der Waals surface area (Å²) < 4.78 is 27.1. The molecule has 3 rings (SSSR count). The monoisotopic (exact) mass is 420 g/mol. The maximum atomic E-state index is 12.8. The number of halogens is 1. The Morgan fingerprint density at radius 1 is 1.11 bits per heavy atom. The molecule has 0 radical (unpaired) electrons. The van der Waals surface area contributed by atoms with Crippen molar-refractivity contribution in [3.63, 3.8) is 0 Å². The van der Waals surface area contributed by atoms with Gasteiger partial charge in [-0.2, -0.15) is 0 Å². The number of nitrogens with one attached hydrogen (secondary N) is 1. The third-order valence-electron chi connectivity index (χ3n) is 5.00. The maximum absolute atomic E-state index is 12.8. The molecule has 0 spiro atoms. The summed E-state index contributed by atoms with van der Waals surface area (Å²) in [4.78, 5) is 12.5. The van der Waals surface area contributed by atoms with Crippen molar-refractivity contribution in [2.45, 2.75) is 25.0 Å². The lowest BCUT2D eigenvalue weighted by atomic mass is 9.99. The van der Waals surface area contributed by atoms with Gasteiger partial charge in [-0.25, -0.2) is 12.7 Å². The minimum atomic E-state index is -3.52. The lowest BCUT2D eigenvalue weighted by molar-refractivity contribution is -0.126. The predicted molar refractivity (Wildman–Crippen MR) is 112 cm³/mol. The van der Waals surface area contributed by atoms with Gasteiger partial charge in [0.2, 0.25) is 15.9 Å². The average Bonchev–Trinajstić information content (AvgIpc) is 2.70. The van der Waals surface area contributed by atoms with E-state index in [0.29, 0.717) is 36.5 Å². The van der Waals surface area contributed by atoms with E-state index in [-0.39, 0.29) is 24.1 Å². The number of piperidine rings is 1. The largest absolute Gasteiger partial charge is 0.355 e. The molecule has 1 aliphatic rings. The molecule has 1 saturated heterocycles. The fourth-order valence-electron chi connectivity index (χ4n) is 3.43. The van der Waals surface area contributed by atoms with Gasteiger partial charge in [0, 0.05) is 24.7 Å². The Morgan fingerprint density at radius 3 is 2.57 bits per heavy atom. The predicted octanol–water partition coefficient (Wildman–Crippen LogP) is 3.24. The molecule has 0 saturated carbocycles. The van der Waals surface area contributed by atoms with Gasteiger partial charge < -0.3 is 5.32 Å². The lowest BCUT2D eigenvalue weighted by Crippen LogP contribution is -2.46. The van der Waals surface area contributed by atoms with Crippen molar-refractivity contribution in [2.75, 3.05) is 19.6 Å². The van der Waals surface area contributed by atoms with Crippen LogP contribution in [0, 0.1) is 5.92 Å².